The number of nitrogens with two attached hydrogens (primary N) is 1. The molecule has 1 aliphatic heterocycles. The molecule has 1 aliphatic carbocycles. The maximum atomic E-state index is 12.5. The van der Waals surface area contributed by atoms with Crippen molar-refractivity contribution in [2.45, 2.75) is 37.8 Å². The molecule has 0 radical (unpaired) electrons. The average Bonchev–Trinajstić information content (AvgIpc) is 2.97. The van der Waals surface area contributed by atoms with Gasteiger partial charge in [-0.3, -0.25) is 4.79 Å². The van der Waals surface area contributed by atoms with E-state index in [-0.39, 0.29) is 18.6 Å². The van der Waals surface area contributed by atoms with Crippen LogP contribution in [0.1, 0.15) is 42.2 Å². The van der Waals surface area contributed by atoms with E-state index < -0.39 is 0 Å². The molecule has 0 aromatic carbocycles. The molecule has 98 valence electrons. The van der Waals surface area contributed by atoms with Crippen molar-refractivity contribution in [3.8, 4) is 0 Å². The number of amides is 1. The quantitative estimate of drug-likeness (QED) is 0.839. The van der Waals surface area contributed by atoms with Crippen LogP contribution in [0.15, 0.2) is 12.3 Å². The Bertz CT molecular complexity index is 465. The summed E-state index contributed by atoms with van der Waals surface area (Å²) in [6.45, 7) is 0.783. The van der Waals surface area contributed by atoms with Crippen molar-refractivity contribution in [3.05, 3.63) is 18.0 Å². The van der Waals surface area contributed by atoms with E-state index in [0.717, 1.165) is 32.2 Å². The SMILES string of the molecule is Nc1cc(C(=O)N2CCC[C@@H]2CO)n(C2CC2)c1. The third-order valence-corrected chi connectivity index (χ3v) is 3.88. The second-order valence-corrected chi connectivity index (χ2v) is 5.27. The summed E-state index contributed by atoms with van der Waals surface area (Å²) < 4.78 is 2.00. The Morgan fingerprint density at radius 3 is 2.89 bits per heavy atom. The Morgan fingerprint density at radius 1 is 1.44 bits per heavy atom. The molecule has 2 heterocycles. The highest BCUT2D eigenvalue weighted by atomic mass is 16.3. The molecule has 18 heavy (non-hydrogen) atoms. The predicted octanol–water partition coefficient (Wildman–Crippen LogP) is 1.00. The zero-order chi connectivity index (χ0) is 12.7. The van der Waals surface area contributed by atoms with Crippen molar-refractivity contribution < 1.29 is 9.90 Å². The van der Waals surface area contributed by atoms with Crippen LogP contribution in [0.5, 0.6) is 0 Å². The zero-order valence-corrected chi connectivity index (χ0v) is 10.4. The first-order valence-electron chi connectivity index (χ1n) is 6.60. The maximum Gasteiger partial charge on any atom is 0.270 e. The van der Waals surface area contributed by atoms with Gasteiger partial charge in [0.25, 0.3) is 5.91 Å². The molecule has 5 heteroatoms. The third kappa shape index (κ3) is 1.88. The molecule has 1 saturated heterocycles. The number of nitrogens with zero attached hydrogens (tertiary/aromatic N) is 2. The highest BCUT2D eigenvalue weighted by molar-refractivity contribution is 5.94. The second-order valence-electron chi connectivity index (χ2n) is 5.27. The third-order valence-electron chi connectivity index (χ3n) is 3.88. The highest BCUT2D eigenvalue weighted by Gasteiger charge is 2.33. The number of likely N-dealkylation sites (tertiary alicyclic amines) is 1. The summed E-state index contributed by atoms with van der Waals surface area (Å²) in [5.74, 6) is 0.00940. The minimum absolute atomic E-state index is 0.00940. The number of aliphatic hydroxyl groups excluding tert-OH is 1. The van der Waals surface area contributed by atoms with Gasteiger partial charge in [-0.25, -0.2) is 0 Å². The number of carbonyl (C=O) groups is 1. The van der Waals surface area contributed by atoms with Crippen molar-refractivity contribution >= 4 is 11.6 Å². The van der Waals surface area contributed by atoms with E-state index in [9.17, 15) is 9.90 Å². The minimum Gasteiger partial charge on any atom is -0.397 e. The number of anilines is 1. The van der Waals surface area contributed by atoms with Crippen LogP contribution < -0.4 is 5.73 Å². The van der Waals surface area contributed by atoms with Gasteiger partial charge in [0.15, 0.2) is 0 Å². The van der Waals surface area contributed by atoms with Crippen molar-refractivity contribution in [2.75, 3.05) is 18.9 Å². The van der Waals surface area contributed by atoms with Crippen LogP contribution in [0, 0.1) is 0 Å². The van der Waals surface area contributed by atoms with Crippen LogP contribution in [-0.2, 0) is 0 Å². The van der Waals surface area contributed by atoms with Gasteiger partial charge >= 0.3 is 0 Å². The smallest absolute Gasteiger partial charge is 0.270 e. The van der Waals surface area contributed by atoms with Crippen molar-refractivity contribution in [1.82, 2.24) is 9.47 Å². The molecule has 1 aromatic rings. The molecular weight excluding hydrogens is 230 g/mol. The fourth-order valence-electron chi connectivity index (χ4n) is 2.77. The van der Waals surface area contributed by atoms with E-state index in [1.807, 2.05) is 10.8 Å². The van der Waals surface area contributed by atoms with Gasteiger partial charge in [-0.15, -0.1) is 0 Å². The fourth-order valence-corrected chi connectivity index (χ4v) is 2.77. The number of rotatable bonds is 3. The van der Waals surface area contributed by atoms with E-state index in [0.29, 0.717) is 17.4 Å². The first kappa shape index (κ1) is 11.6. The lowest BCUT2D eigenvalue weighted by molar-refractivity contribution is 0.0666. The summed E-state index contributed by atoms with van der Waals surface area (Å²) in [5.41, 5.74) is 7.13. The Balaban J connectivity index is 1.87. The van der Waals surface area contributed by atoms with E-state index in [1.54, 1.807) is 11.0 Å². The van der Waals surface area contributed by atoms with E-state index in [4.69, 9.17) is 5.73 Å². The van der Waals surface area contributed by atoms with Gasteiger partial charge in [-0.1, -0.05) is 0 Å². The molecule has 1 amide bonds. The molecule has 1 saturated carbocycles. The van der Waals surface area contributed by atoms with Gasteiger partial charge in [0.1, 0.15) is 5.69 Å². The monoisotopic (exact) mass is 249 g/mol. The number of hydrogen-bond acceptors (Lipinski definition) is 3. The normalized spacial score (nSPS) is 23.6. The number of hydrogen-bond donors (Lipinski definition) is 2. The topological polar surface area (TPSA) is 71.5 Å². The molecule has 0 unspecified atom stereocenters. The predicted molar refractivity (Wildman–Crippen MR) is 68.3 cm³/mol. The molecule has 1 atom stereocenters. The van der Waals surface area contributed by atoms with Gasteiger partial charge in [0.05, 0.1) is 18.3 Å². The number of carbonyl (C=O) groups excluding carboxylic acids is 1. The first-order valence-corrected chi connectivity index (χ1v) is 6.60. The Hall–Kier alpha value is -1.49. The Morgan fingerprint density at radius 2 is 2.22 bits per heavy atom. The zero-order valence-electron chi connectivity index (χ0n) is 10.4. The molecule has 1 aromatic heterocycles. The van der Waals surface area contributed by atoms with Gasteiger partial charge in [-0.2, -0.15) is 0 Å². The lowest BCUT2D eigenvalue weighted by Gasteiger charge is -2.23. The van der Waals surface area contributed by atoms with Gasteiger partial charge in [0.2, 0.25) is 0 Å². The van der Waals surface area contributed by atoms with Crippen LogP contribution in [0.4, 0.5) is 5.69 Å². The molecule has 2 fully saturated rings. The first-order chi connectivity index (χ1) is 8.70. The summed E-state index contributed by atoms with van der Waals surface area (Å²) in [6.07, 6.45) is 5.96. The summed E-state index contributed by atoms with van der Waals surface area (Å²) in [6, 6.07) is 2.17. The van der Waals surface area contributed by atoms with Crippen LogP contribution >= 0.6 is 0 Å². The highest BCUT2D eigenvalue weighted by Crippen LogP contribution is 2.37. The number of nitrogen functional groups attached to an aromatic ring is 1. The van der Waals surface area contributed by atoms with E-state index in [1.165, 1.54) is 0 Å². The second kappa shape index (κ2) is 4.31. The maximum absolute atomic E-state index is 12.5. The Kier molecular flexibility index (Phi) is 2.78. The minimum atomic E-state index is -0.0266. The van der Waals surface area contributed by atoms with Crippen LogP contribution in [-0.4, -0.2) is 39.7 Å². The molecule has 3 N–H and O–H groups in total. The lowest BCUT2D eigenvalue weighted by Crippen LogP contribution is -2.38. The molecular formula is C13H19N3O2. The molecule has 0 spiro atoms. The lowest BCUT2D eigenvalue weighted by atomic mass is 10.2. The van der Waals surface area contributed by atoms with Gasteiger partial charge < -0.3 is 20.3 Å². The summed E-state index contributed by atoms with van der Waals surface area (Å²) in [4.78, 5) is 14.3. The molecule has 5 nitrogen and oxygen atoms in total. The largest absolute Gasteiger partial charge is 0.397 e. The standard InChI is InChI=1S/C13H19N3O2/c14-9-6-12(16(7-9)10-3-4-10)13(18)15-5-1-2-11(15)8-17/h6-7,10-11,17H,1-5,8,14H2/t11-/m1/s1. The summed E-state index contributed by atoms with van der Waals surface area (Å²) in [5, 5.41) is 9.30. The van der Waals surface area contributed by atoms with E-state index >= 15 is 0 Å². The number of aromatic nitrogens is 1. The molecule has 3 rings (SSSR count). The van der Waals surface area contributed by atoms with Crippen molar-refractivity contribution in [3.63, 3.8) is 0 Å². The van der Waals surface area contributed by atoms with Crippen molar-refractivity contribution in [2.24, 2.45) is 0 Å². The van der Waals surface area contributed by atoms with Gasteiger partial charge in [-0.05, 0) is 31.7 Å². The fraction of sp³-hybridized carbons (Fsp3) is 0.615. The average molecular weight is 249 g/mol. The number of aliphatic hydroxyl groups is 1. The molecule has 0 bridgehead atoms. The summed E-state index contributed by atoms with van der Waals surface area (Å²) in [7, 11) is 0. The Labute approximate surface area is 106 Å². The van der Waals surface area contributed by atoms with Gasteiger partial charge in [0, 0.05) is 18.8 Å². The summed E-state index contributed by atoms with van der Waals surface area (Å²) >= 11 is 0. The van der Waals surface area contributed by atoms with Crippen LogP contribution in [0.25, 0.3) is 0 Å². The van der Waals surface area contributed by atoms with E-state index in [2.05, 4.69) is 0 Å². The van der Waals surface area contributed by atoms with Crippen LogP contribution in [0.3, 0.4) is 0 Å². The van der Waals surface area contributed by atoms with Crippen LogP contribution in [0.2, 0.25) is 0 Å². The van der Waals surface area contributed by atoms with Crippen molar-refractivity contribution in [1.29, 1.82) is 0 Å². The molecule has 2 aliphatic rings.